The smallest absolute Gasteiger partial charge is 0.231 e. The summed E-state index contributed by atoms with van der Waals surface area (Å²) >= 11 is 1.55. The third kappa shape index (κ3) is 3.93. The van der Waals surface area contributed by atoms with Crippen molar-refractivity contribution in [3.8, 4) is 0 Å². The van der Waals surface area contributed by atoms with Crippen molar-refractivity contribution < 1.29 is 4.79 Å². The maximum atomic E-state index is 12.3. The van der Waals surface area contributed by atoms with Gasteiger partial charge in [-0.25, -0.2) is 4.98 Å². The molecule has 1 heterocycles. The molecule has 1 saturated carbocycles. The van der Waals surface area contributed by atoms with Crippen molar-refractivity contribution in [2.45, 2.75) is 57.9 Å². The summed E-state index contributed by atoms with van der Waals surface area (Å²) in [7, 11) is 0. The van der Waals surface area contributed by atoms with Crippen LogP contribution in [0.2, 0.25) is 0 Å². The number of hydrogen-bond acceptors (Lipinski definition) is 4. The van der Waals surface area contributed by atoms with E-state index in [1.807, 2.05) is 13.1 Å². The number of rotatable bonds is 3. The molecule has 114 valence electrons. The molecule has 1 aromatic heterocycles. The van der Waals surface area contributed by atoms with E-state index in [-0.39, 0.29) is 29.8 Å². The summed E-state index contributed by atoms with van der Waals surface area (Å²) in [5.74, 6) is 0.361. The number of nitrogens with one attached hydrogen (secondary N) is 1. The molecule has 2 unspecified atom stereocenters. The quantitative estimate of drug-likeness (QED) is 0.896. The zero-order valence-corrected chi connectivity index (χ0v) is 13.9. The lowest BCUT2D eigenvalue weighted by Gasteiger charge is -2.36. The monoisotopic (exact) mass is 317 g/mol. The number of carbonyl (C=O) groups excluding carboxylic acids is 1. The largest absolute Gasteiger partial charge is 0.325 e. The number of halogens is 1. The summed E-state index contributed by atoms with van der Waals surface area (Å²) in [6, 6.07) is 0. The lowest BCUT2D eigenvalue weighted by Crippen LogP contribution is -2.51. The molecule has 0 saturated heterocycles. The van der Waals surface area contributed by atoms with Crippen LogP contribution < -0.4 is 11.1 Å². The molecule has 20 heavy (non-hydrogen) atoms. The van der Waals surface area contributed by atoms with Gasteiger partial charge in [0.2, 0.25) is 5.91 Å². The van der Waals surface area contributed by atoms with Crippen molar-refractivity contribution >= 4 is 34.8 Å². The van der Waals surface area contributed by atoms with Gasteiger partial charge in [0.25, 0.3) is 0 Å². The van der Waals surface area contributed by atoms with Crippen LogP contribution in [0.15, 0.2) is 6.20 Å². The zero-order valence-electron chi connectivity index (χ0n) is 12.3. The number of nitrogens with zero attached hydrogens (tertiary/aromatic N) is 1. The third-order valence-electron chi connectivity index (χ3n) is 3.89. The molecule has 4 nitrogen and oxygen atoms in total. The minimum atomic E-state index is -0.388. The second-order valence-electron chi connectivity index (χ2n) is 6.02. The van der Waals surface area contributed by atoms with E-state index in [2.05, 4.69) is 24.1 Å². The van der Waals surface area contributed by atoms with Gasteiger partial charge in [0.05, 0.1) is 5.92 Å². The Hall–Kier alpha value is -0.650. The van der Waals surface area contributed by atoms with Crippen molar-refractivity contribution in [1.82, 2.24) is 4.98 Å². The first-order chi connectivity index (χ1) is 8.90. The highest BCUT2D eigenvalue weighted by Crippen LogP contribution is 2.33. The van der Waals surface area contributed by atoms with Gasteiger partial charge in [-0.05, 0) is 25.7 Å². The average molecular weight is 318 g/mol. The van der Waals surface area contributed by atoms with Crippen LogP contribution in [0.4, 0.5) is 5.13 Å². The molecule has 3 N–H and O–H groups in total. The Morgan fingerprint density at radius 1 is 1.55 bits per heavy atom. The summed E-state index contributed by atoms with van der Waals surface area (Å²) in [6.07, 6.45) is 5.83. The highest BCUT2D eigenvalue weighted by atomic mass is 35.5. The van der Waals surface area contributed by atoms with Gasteiger partial charge in [0, 0.05) is 16.6 Å². The first kappa shape index (κ1) is 17.4. The topological polar surface area (TPSA) is 68.0 Å². The molecule has 0 bridgehead atoms. The van der Waals surface area contributed by atoms with Crippen LogP contribution >= 0.6 is 23.7 Å². The summed E-state index contributed by atoms with van der Waals surface area (Å²) in [5, 5.41) is 3.62. The van der Waals surface area contributed by atoms with Crippen LogP contribution in [-0.4, -0.2) is 16.4 Å². The SMILES string of the molecule is CC(C)c1cnc(NC(=O)C2CCCCC2(C)N)s1.Cl. The lowest BCUT2D eigenvalue weighted by molar-refractivity contribution is -0.122. The standard InChI is InChI=1S/C14H23N3OS.ClH/c1-9(2)11-8-16-13(19-11)17-12(18)10-6-4-5-7-14(10,3)15;/h8-10H,4-7,15H2,1-3H3,(H,16,17,18);1H. The Bertz CT molecular complexity index is 459. The summed E-state index contributed by atoms with van der Waals surface area (Å²) in [6.45, 7) is 6.23. The first-order valence-electron chi connectivity index (χ1n) is 6.95. The van der Waals surface area contributed by atoms with Crippen LogP contribution in [0.25, 0.3) is 0 Å². The van der Waals surface area contributed by atoms with Gasteiger partial charge in [-0.2, -0.15) is 0 Å². The normalized spacial score (nSPS) is 26.1. The minimum Gasteiger partial charge on any atom is -0.325 e. The van der Waals surface area contributed by atoms with Crippen molar-refractivity contribution in [2.24, 2.45) is 11.7 Å². The molecule has 1 aliphatic rings. The number of hydrogen-bond donors (Lipinski definition) is 2. The summed E-state index contributed by atoms with van der Waals surface area (Å²) in [4.78, 5) is 17.8. The number of nitrogens with two attached hydrogens (primary N) is 1. The molecule has 2 atom stereocenters. The fraction of sp³-hybridized carbons (Fsp3) is 0.714. The fourth-order valence-corrected chi connectivity index (χ4v) is 3.41. The number of aromatic nitrogens is 1. The Kier molecular flexibility index (Phi) is 5.98. The van der Waals surface area contributed by atoms with Crippen molar-refractivity contribution in [3.05, 3.63) is 11.1 Å². The van der Waals surface area contributed by atoms with Crippen LogP contribution in [0.5, 0.6) is 0 Å². The Morgan fingerprint density at radius 3 is 2.80 bits per heavy atom. The molecule has 0 radical (unpaired) electrons. The Labute approximate surface area is 131 Å². The highest BCUT2D eigenvalue weighted by molar-refractivity contribution is 7.15. The lowest BCUT2D eigenvalue weighted by atomic mass is 9.74. The van der Waals surface area contributed by atoms with Gasteiger partial charge in [-0.3, -0.25) is 4.79 Å². The second kappa shape index (κ2) is 6.87. The van der Waals surface area contributed by atoms with E-state index in [0.29, 0.717) is 11.0 Å². The van der Waals surface area contributed by atoms with Gasteiger partial charge in [-0.1, -0.05) is 26.7 Å². The molecular weight excluding hydrogens is 294 g/mol. The number of anilines is 1. The van der Waals surface area contributed by atoms with E-state index in [4.69, 9.17) is 5.73 Å². The van der Waals surface area contributed by atoms with Gasteiger partial charge < -0.3 is 11.1 Å². The molecule has 2 rings (SSSR count). The number of amides is 1. The van der Waals surface area contributed by atoms with Crippen molar-refractivity contribution in [3.63, 3.8) is 0 Å². The number of thiazole rings is 1. The van der Waals surface area contributed by atoms with E-state index in [9.17, 15) is 4.79 Å². The second-order valence-corrected chi connectivity index (χ2v) is 7.08. The van der Waals surface area contributed by atoms with Crippen LogP contribution in [0, 0.1) is 5.92 Å². The van der Waals surface area contributed by atoms with Crippen LogP contribution in [0.1, 0.15) is 57.2 Å². The van der Waals surface area contributed by atoms with Gasteiger partial charge in [0.15, 0.2) is 5.13 Å². The van der Waals surface area contributed by atoms with Crippen LogP contribution in [0.3, 0.4) is 0 Å². The summed E-state index contributed by atoms with van der Waals surface area (Å²) < 4.78 is 0. The molecule has 1 aliphatic carbocycles. The molecule has 1 aromatic rings. The minimum absolute atomic E-state index is 0. The molecule has 6 heteroatoms. The van der Waals surface area contributed by atoms with E-state index >= 15 is 0 Å². The van der Waals surface area contributed by atoms with Crippen LogP contribution in [-0.2, 0) is 4.79 Å². The van der Waals surface area contributed by atoms with E-state index in [1.54, 1.807) is 11.3 Å². The van der Waals surface area contributed by atoms with Gasteiger partial charge in [-0.15, -0.1) is 23.7 Å². The van der Waals surface area contributed by atoms with Crippen molar-refractivity contribution in [2.75, 3.05) is 5.32 Å². The van der Waals surface area contributed by atoms with E-state index in [1.165, 1.54) is 4.88 Å². The Balaban J connectivity index is 0.00000200. The number of carbonyl (C=O) groups is 1. The summed E-state index contributed by atoms with van der Waals surface area (Å²) in [5.41, 5.74) is 5.86. The Morgan fingerprint density at radius 2 is 2.25 bits per heavy atom. The van der Waals surface area contributed by atoms with Crippen molar-refractivity contribution in [1.29, 1.82) is 0 Å². The third-order valence-corrected chi connectivity index (χ3v) is 5.11. The van der Waals surface area contributed by atoms with E-state index < -0.39 is 0 Å². The molecule has 1 amide bonds. The van der Waals surface area contributed by atoms with E-state index in [0.717, 1.165) is 25.7 Å². The molecular formula is C14H24ClN3OS. The first-order valence-corrected chi connectivity index (χ1v) is 7.77. The zero-order chi connectivity index (χ0) is 14.0. The molecule has 0 aliphatic heterocycles. The maximum absolute atomic E-state index is 12.3. The van der Waals surface area contributed by atoms with Gasteiger partial charge in [0.1, 0.15) is 0 Å². The maximum Gasteiger partial charge on any atom is 0.231 e. The fourth-order valence-electron chi connectivity index (χ4n) is 2.59. The molecule has 0 spiro atoms. The average Bonchev–Trinajstić information content (AvgIpc) is 2.76. The molecule has 1 fully saturated rings. The highest BCUT2D eigenvalue weighted by Gasteiger charge is 2.38. The molecule has 0 aromatic carbocycles. The predicted octanol–water partition coefficient (Wildman–Crippen LogP) is 3.53. The van der Waals surface area contributed by atoms with Gasteiger partial charge >= 0.3 is 0 Å². The predicted molar refractivity (Wildman–Crippen MR) is 86.6 cm³/mol.